The number of nitrogens with one attached hydrogen (secondary N) is 1. The highest BCUT2D eigenvalue weighted by Gasteiger charge is 2.40. The van der Waals surface area contributed by atoms with Gasteiger partial charge in [-0.15, -0.1) is 11.8 Å². The van der Waals surface area contributed by atoms with E-state index in [0.717, 1.165) is 19.4 Å². The number of aromatic amines is 1. The molecule has 1 unspecified atom stereocenters. The summed E-state index contributed by atoms with van der Waals surface area (Å²) < 4.78 is 11.0. The maximum absolute atomic E-state index is 12.4. The number of likely N-dealkylation sites (N-methyl/N-ethyl adjacent to an activating group) is 1. The van der Waals surface area contributed by atoms with Gasteiger partial charge in [0.15, 0.2) is 0 Å². The van der Waals surface area contributed by atoms with Crippen LogP contribution in [0.3, 0.4) is 0 Å². The van der Waals surface area contributed by atoms with Gasteiger partial charge in [-0.05, 0) is 43.3 Å². The zero-order valence-electron chi connectivity index (χ0n) is 17.1. The lowest BCUT2D eigenvalue weighted by molar-refractivity contribution is 0.0131. The summed E-state index contributed by atoms with van der Waals surface area (Å²) in [6, 6.07) is 7.18. The van der Waals surface area contributed by atoms with Gasteiger partial charge in [-0.1, -0.05) is 12.1 Å². The summed E-state index contributed by atoms with van der Waals surface area (Å²) in [4.78, 5) is 20.3. The second-order valence-electron chi connectivity index (χ2n) is 8.50. The summed E-state index contributed by atoms with van der Waals surface area (Å²) in [7, 11) is 2.23. The zero-order chi connectivity index (χ0) is 20.0. The quantitative estimate of drug-likeness (QED) is 0.780. The molecule has 6 nitrogen and oxygen atoms in total. The van der Waals surface area contributed by atoms with Crippen LogP contribution in [0, 0.1) is 5.92 Å². The van der Waals surface area contributed by atoms with Crippen molar-refractivity contribution in [1.29, 1.82) is 0 Å². The summed E-state index contributed by atoms with van der Waals surface area (Å²) in [6.45, 7) is 3.93. The Morgan fingerprint density at radius 2 is 2.17 bits per heavy atom. The molecule has 3 atom stereocenters. The number of H-pyrrole nitrogens is 1. The number of benzene rings is 1. The van der Waals surface area contributed by atoms with Crippen molar-refractivity contribution in [3.63, 3.8) is 0 Å². The molecule has 2 aliphatic heterocycles. The van der Waals surface area contributed by atoms with E-state index < -0.39 is 0 Å². The summed E-state index contributed by atoms with van der Waals surface area (Å²) >= 11 is 1.81. The second-order valence-corrected chi connectivity index (χ2v) is 9.32. The number of carbonyl (C=O) groups excluding carboxylic acids is 1. The van der Waals surface area contributed by atoms with Crippen LogP contribution in [0.4, 0.5) is 4.79 Å². The van der Waals surface area contributed by atoms with Gasteiger partial charge in [-0.3, -0.25) is 0 Å². The lowest BCUT2D eigenvalue weighted by Crippen LogP contribution is -2.49. The smallest absolute Gasteiger partial charge is 0.409 e. The Labute approximate surface area is 175 Å². The number of likely N-dealkylation sites (tertiary alicyclic amines) is 1. The van der Waals surface area contributed by atoms with Crippen molar-refractivity contribution in [3.05, 3.63) is 29.3 Å². The summed E-state index contributed by atoms with van der Waals surface area (Å²) in [5, 5.41) is 2.73. The minimum absolute atomic E-state index is 0.193. The number of carbonyl (C=O) groups is 1. The molecule has 3 aliphatic rings. The van der Waals surface area contributed by atoms with Gasteiger partial charge in [0.2, 0.25) is 0 Å². The topological polar surface area (TPSA) is 57.8 Å². The Kier molecular flexibility index (Phi) is 5.22. The first-order valence-corrected chi connectivity index (χ1v) is 11.7. The largest absolute Gasteiger partial charge is 0.449 e. The SMILES string of the molecule is CSc1[nH]c2cccc3c2c1C[C@@H]1[C@@H]3CC(COC(=O)N2CCOCC2)CN1C. The molecule has 2 aromatic rings. The Morgan fingerprint density at radius 1 is 1.34 bits per heavy atom. The van der Waals surface area contributed by atoms with E-state index in [0.29, 0.717) is 50.8 Å². The van der Waals surface area contributed by atoms with Gasteiger partial charge in [0.1, 0.15) is 0 Å². The van der Waals surface area contributed by atoms with Crippen molar-refractivity contribution in [2.45, 2.75) is 29.8 Å². The Balaban J connectivity index is 1.34. The molecular weight excluding hydrogens is 386 g/mol. The summed E-state index contributed by atoms with van der Waals surface area (Å²) in [5.74, 6) is 0.851. The molecule has 1 amide bonds. The van der Waals surface area contributed by atoms with Crippen LogP contribution in [0.2, 0.25) is 0 Å². The Morgan fingerprint density at radius 3 is 2.97 bits per heavy atom. The molecule has 3 heterocycles. The molecule has 0 saturated carbocycles. The Bertz CT molecular complexity index is 908. The van der Waals surface area contributed by atoms with Crippen LogP contribution < -0.4 is 0 Å². The van der Waals surface area contributed by atoms with Crippen LogP contribution in [-0.2, 0) is 15.9 Å². The maximum atomic E-state index is 12.4. The lowest BCUT2D eigenvalue weighted by Gasteiger charge is -2.45. The molecule has 29 heavy (non-hydrogen) atoms. The van der Waals surface area contributed by atoms with Crippen molar-refractivity contribution in [2.24, 2.45) is 5.92 Å². The van der Waals surface area contributed by atoms with E-state index in [1.807, 2.05) is 11.8 Å². The highest BCUT2D eigenvalue weighted by Crippen LogP contribution is 2.46. The average Bonchev–Trinajstić information content (AvgIpc) is 3.12. The third kappa shape index (κ3) is 3.43. The highest BCUT2D eigenvalue weighted by molar-refractivity contribution is 7.98. The molecule has 1 N–H and O–H groups in total. The third-order valence-electron chi connectivity index (χ3n) is 6.81. The number of thioether (sulfide) groups is 1. The molecule has 0 radical (unpaired) electrons. The first-order chi connectivity index (χ1) is 14.2. The fourth-order valence-electron chi connectivity index (χ4n) is 5.43. The molecule has 5 rings (SSSR count). The normalized spacial score (nSPS) is 27.1. The van der Waals surface area contributed by atoms with E-state index in [4.69, 9.17) is 9.47 Å². The fraction of sp³-hybridized carbons (Fsp3) is 0.591. The van der Waals surface area contributed by atoms with Crippen molar-refractivity contribution in [1.82, 2.24) is 14.8 Å². The van der Waals surface area contributed by atoms with E-state index in [1.165, 1.54) is 27.1 Å². The number of nitrogens with zero attached hydrogens (tertiary/aromatic N) is 2. The molecule has 156 valence electrons. The minimum atomic E-state index is -0.193. The number of rotatable bonds is 3. The van der Waals surface area contributed by atoms with E-state index in [-0.39, 0.29) is 6.09 Å². The van der Waals surface area contributed by atoms with Crippen molar-refractivity contribution < 1.29 is 14.3 Å². The zero-order valence-corrected chi connectivity index (χ0v) is 18.0. The van der Waals surface area contributed by atoms with Gasteiger partial charge in [-0.25, -0.2) is 4.79 Å². The summed E-state index contributed by atoms with van der Waals surface area (Å²) in [5.41, 5.74) is 4.19. The molecule has 7 heteroatoms. The van der Waals surface area contributed by atoms with E-state index in [2.05, 4.69) is 41.4 Å². The second kappa shape index (κ2) is 7.85. The number of ether oxygens (including phenoxy) is 2. The van der Waals surface area contributed by atoms with Gasteiger partial charge in [0.25, 0.3) is 0 Å². The molecule has 1 aromatic carbocycles. The number of hydrogen-bond acceptors (Lipinski definition) is 5. The van der Waals surface area contributed by atoms with Crippen LogP contribution in [0.5, 0.6) is 0 Å². The van der Waals surface area contributed by atoms with E-state index in [1.54, 1.807) is 4.90 Å². The molecular formula is C22H29N3O3S. The summed E-state index contributed by atoms with van der Waals surface area (Å²) in [6.07, 6.45) is 4.12. The van der Waals surface area contributed by atoms with Crippen LogP contribution >= 0.6 is 11.8 Å². The van der Waals surface area contributed by atoms with Gasteiger partial charge in [0, 0.05) is 48.4 Å². The molecule has 0 spiro atoms. The average molecular weight is 416 g/mol. The maximum Gasteiger partial charge on any atom is 0.409 e. The molecule has 1 aliphatic carbocycles. The first kappa shape index (κ1) is 19.3. The number of amides is 1. The first-order valence-electron chi connectivity index (χ1n) is 10.5. The van der Waals surface area contributed by atoms with Crippen LogP contribution in [0.1, 0.15) is 23.5 Å². The standard InChI is InChI=1S/C22H29N3O3S/c1-24-12-14(13-28-22(26)25-6-8-27-9-7-25)10-16-15-4-3-5-18-20(15)17(11-19(16)24)21(23-18)29-2/h3-5,14,16,19,23H,6-13H2,1-2H3/t14?,16-,19-/m1/s1. The Hall–Kier alpha value is -1.70. The van der Waals surface area contributed by atoms with E-state index in [9.17, 15) is 4.79 Å². The van der Waals surface area contributed by atoms with E-state index >= 15 is 0 Å². The number of fused-ring (bicyclic) bond motifs is 2. The van der Waals surface area contributed by atoms with Gasteiger partial charge >= 0.3 is 6.09 Å². The van der Waals surface area contributed by atoms with Gasteiger partial charge < -0.3 is 24.3 Å². The van der Waals surface area contributed by atoms with Gasteiger partial charge in [-0.2, -0.15) is 0 Å². The highest BCUT2D eigenvalue weighted by atomic mass is 32.2. The van der Waals surface area contributed by atoms with Crippen LogP contribution in [-0.4, -0.2) is 79.7 Å². The molecule has 2 fully saturated rings. The van der Waals surface area contributed by atoms with Crippen molar-refractivity contribution in [3.8, 4) is 0 Å². The number of hydrogen-bond donors (Lipinski definition) is 1. The fourth-order valence-corrected chi connectivity index (χ4v) is 6.07. The lowest BCUT2D eigenvalue weighted by atomic mass is 9.72. The predicted molar refractivity (Wildman–Crippen MR) is 115 cm³/mol. The van der Waals surface area contributed by atoms with Crippen LogP contribution in [0.25, 0.3) is 10.9 Å². The predicted octanol–water partition coefficient (Wildman–Crippen LogP) is 3.32. The van der Waals surface area contributed by atoms with Gasteiger partial charge in [0.05, 0.1) is 24.8 Å². The molecule has 2 saturated heterocycles. The van der Waals surface area contributed by atoms with Crippen molar-refractivity contribution in [2.75, 3.05) is 52.8 Å². The monoisotopic (exact) mass is 415 g/mol. The molecule has 0 bridgehead atoms. The third-order valence-corrected chi connectivity index (χ3v) is 7.57. The number of aromatic nitrogens is 1. The molecule has 1 aromatic heterocycles. The minimum Gasteiger partial charge on any atom is -0.449 e. The number of morpholine rings is 1. The van der Waals surface area contributed by atoms with Crippen molar-refractivity contribution >= 4 is 28.8 Å². The number of piperidine rings is 1. The van der Waals surface area contributed by atoms with Crippen LogP contribution in [0.15, 0.2) is 23.2 Å².